The van der Waals surface area contributed by atoms with Gasteiger partial charge in [-0.1, -0.05) is 46.1 Å². The zero-order valence-corrected chi connectivity index (χ0v) is 11.0. The van der Waals surface area contributed by atoms with E-state index in [0.717, 1.165) is 17.3 Å². The van der Waals surface area contributed by atoms with Gasteiger partial charge in [0.05, 0.1) is 0 Å². The standard InChI is InChI=1S/C14H18BrN/c15-13-6-3-5-11(9-13)8-12-4-1-2-7-14(16)10-12/h3,5-6,9-10,14H,1-2,4,7-8,16H2. The first-order chi connectivity index (χ1) is 7.74. The van der Waals surface area contributed by atoms with Gasteiger partial charge in [-0.2, -0.15) is 0 Å². The molecule has 0 bridgehead atoms. The summed E-state index contributed by atoms with van der Waals surface area (Å²) in [5.41, 5.74) is 8.90. The maximum atomic E-state index is 6.02. The molecule has 2 heteroatoms. The van der Waals surface area contributed by atoms with Crippen LogP contribution in [0.15, 0.2) is 40.4 Å². The molecule has 0 saturated carbocycles. The normalized spacial score (nSPS) is 21.4. The Morgan fingerprint density at radius 2 is 2.19 bits per heavy atom. The summed E-state index contributed by atoms with van der Waals surface area (Å²) >= 11 is 3.51. The summed E-state index contributed by atoms with van der Waals surface area (Å²) < 4.78 is 1.16. The molecule has 1 aliphatic rings. The fourth-order valence-corrected chi connectivity index (χ4v) is 2.70. The largest absolute Gasteiger partial charge is 0.324 e. The molecule has 1 atom stereocenters. The molecule has 0 fully saturated rings. The fraction of sp³-hybridized carbons (Fsp3) is 0.429. The minimum absolute atomic E-state index is 0.268. The zero-order chi connectivity index (χ0) is 11.4. The van der Waals surface area contributed by atoms with Gasteiger partial charge in [-0.15, -0.1) is 0 Å². The van der Waals surface area contributed by atoms with Crippen molar-refractivity contribution in [3.8, 4) is 0 Å². The van der Waals surface area contributed by atoms with Crippen LogP contribution in [0.5, 0.6) is 0 Å². The van der Waals surface area contributed by atoms with Crippen LogP contribution in [0.25, 0.3) is 0 Å². The van der Waals surface area contributed by atoms with E-state index in [1.54, 1.807) is 0 Å². The van der Waals surface area contributed by atoms with Crippen LogP contribution in [0, 0.1) is 0 Å². The lowest BCUT2D eigenvalue weighted by atomic mass is 10.0. The van der Waals surface area contributed by atoms with Crippen LogP contribution >= 0.6 is 15.9 Å². The molecule has 1 unspecified atom stereocenters. The maximum Gasteiger partial charge on any atom is 0.0226 e. The Labute approximate surface area is 106 Å². The molecule has 0 aliphatic heterocycles. The number of nitrogens with two attached hydrogens (primary N) is 1. The SMILES string of the molecule is NC1C=C(Cc2cccc(Br)c2)CCCC1. The van der Waals surface area contributed by atoms with Gasteiger partial charge in [0, 0.05) is 10.5 Å². The maximum absolute atomic E-state index is 6.02. The molecule has 2 rings (SSSR count). The lowest BCUT2D eigenvalue weighted by Crippen LogP contribution is -2.16. The Hall–Kier alpha value is -0.600. The van der Waals surface area contributed by atoms with Crippen LogP contribution in [-0.4, -0.2) is 6.04 Å². The highest BCUT2D eigenvalue weighted by Crippen LogP contribution is 2.21. The summed E-state index contributed by atoms with van der Waals surface area (Å²) in [6.45, 7) is 0. The minimum Gasteiger partial charge on any atom is -0.324 e. The van der Waals surface area contributed by atoms with Crippen molar-refractivity contribution in [3.05, 3.63) is 46.0 Å². The van der Waals surface area contributed by atoms with Crippen LogP contribution in [0.1, 0.15) is 31.2 Å². The van der Waals surface area contributed by atoms with Crippen molar-refractivity contribution in [1.82, 2.24) is 0 Å². The second-order valence-corrected chi connectivity index (χ2v) is 5.46. The molecule has 1 aromatic rings. The van der Waals surface area contributed by atoms with Gasteiger partial charge in [0.1, 0.15) is 0 Å². The van der Waals surface area contributed by atoms with E-state index in [4.69, 9.17) is 5.73 Å². The Morgan fingerprint density at radius 1 is 1.31 bits per heavy atom. The van der Waals surface area contributed by atoms with E-state index in [-0.39, 0.29) is 6.04 Å². The average Bonchev–Trinajstić information content (AvgIpc) is 2.43. The van der Waals surface area contributed by atoms with Gasteiger partial charge in [-0.3, -0.25) is 0 Å². The van der Waals surface area contributed by atoms with Gasteiger partial charge in [-0.05, 0) is 43.4 Å². The number of benzene rings is 1. The van der Waals surface area contributed by atoms with E-state index in [2.05, 4.69) is 46.3 Å². The molecule has 0 spiro atoms. The van der Waals surface area contributed by atoms with Crippen LogP contribution in [0.4, 0.5) is 0 Å². The Kier molecular flexibility index (Phi) is 4.19. The van der Waals surface area contributed by atoms with E-state index in [1.807, 2.05) is 0 Å². The number of hydrogen-bond donors (Lipinski definition) is 1. The third kappa shape index (κ3) is 3.46. The molecular weight excluding hydrogens is 262 g/mol. The smallest absolute Gasteiger partial charge is 0.0226 e. The molecule has 0 amide bonds. The summed E-state index contributed by atoms with van der Waals surface area (Å²) in [6.07, 6.45) is 8.22. The molecule has 16 heavy (non-hydrogen) atoms. The van der Waals surface area contributed by atoms with Crippen LogP contribution in [0.2, 0.25) is 0 Å². The quantitative estimate of drug-likeness (QED) is 0.819. The van der Waals surface area contributed by atoms with E-state index in [0.29, 0.717) is 0 Å². The molecule has 86 valence electrons. The predicted octanol–water partition coefficient (Wildman–Crippen LogP) is 3.82. The third-order valence-electron chi connectivity index (χ3n) is 3.06. The van der Waals surface area contributed by atoms with Crippen molar-refractivity contribution >= 4 is 15.9 Å². The fourth-order valence-electron chi connectivity index (χ4n) is 2.26. The minimum atomic E-state index is 0.268. The Morgan fingerprint density at radius 3 is 3.00 bits per heavy atom. The van der Waals surface area contributed by atoms with Gasteiger partial charge in [0.2, 0.25) is 0 Å². The predicted molar refractivity (Wildman–Crippen MR) is 72.4 cm³/mol. The summed E-state index contributed by atoms with van der Waals surface area (Å²) in [7, 11) is 0. The van der Waals surface area contributed by atoms with E-state index < -0.39 is 0 Å². The molecule has 1 nitrogen and oxygen atoms in total. The Balaban J connectivity index is 2.08. The highest BCUT2D eigenvalue weighted by molar-refractivity contribution is 9.10. The second kappa shape index (κ2) is 5.65. The van der Waals surface area contributed by atoms with Crippen molar-refractivity contribution in [1.29, 1.82) is 0 Å². The zero-order valence-electron chi connectivity index (χ0n) is 9.45. The highest BCUT2D eigenvalue weighted by atomic mass is 79.9. The van der Waals surface area contributed by atoms with Crippen LogP contribution < -0.4 is 5.73 Å². The monoisotopic (exact) mass is 279 g/mol. The lowest BCUT2D eigenvalue weighted by molar-refractivity contribution is 0.654. The number of halogens is 1. The third-order valence-corrected chi connectivity index (χ3v) is 3.55. The van der Waals surface area contributed by atoms with Crippen molar-refractivity contribution in [2.75, 3.05) is 0 Å². The van der Waals surface area contributed by atoms with Crippen molar-refractivity contribution < 1.29 is 0 Å². The van der Waals surface area contributed by atoms with Crippen LogP contribution in [-0.2, 0) is 6.42 Å². The topological polar surface area (TPSA) is 26.0 Å². The first-order valence-corrected chi connectivity index (χ1v) is 6.73. The second-order valence-electron chi connectivity index (χ2n) is 4.54. The number of rotatable bonds is 2. The first kappa shape index (κ1) is 11.9. The van der Waals surface area contributed by atoms with Gasteiger partial charge in [-0.25, -0.2) is 0 Å². The van der Waals surface area contributed by atoms with Crippen molar-refractivity contribution in [2.24, 2.45) is 5.73 Å². The summed E-state index contributed by atoms with van der Waals surface area (Å²) in [6, 6.07) is 8.80. The van der Waals surface area contributed by atoms with Crippen molar-refractivity contribution in [3.63, 3.8) is 0 Å². The highest BCUT2D eigenvalue weighted by Gasteiger charge is 2.08. The average molecular weight is 280 g/mol. The molecule has 0 saturated heterocycles. The molecular formula is C14H18BrN. The lowest BCUT2D eigenvalue weighted by Gasteiger charge is -2.07. The molecule has 1 aromatic carbocycles. The molecule has 0 radical (unpaired) electrons. The van der Waals surface area contributed by atoms with Gasteiger partial charge < -0.3 is 5.73 Å². The molecule has 0 heterocycles. The Bertz CT molecular complexity index is 384. The summed E-state index contributed by atoms with van der Waals surface area (Å²) in [5, 5.41) is 0. The first-order valence-electron chi connectivity index (χ1n) is 5.93. The molecule has 1 aliphatic carbocycles. The van der Waals surface area contributed by atoms with Gasteiger partial charge >= 0.3 is 0 Å². The van der Waals surface area contributed by atoms with Crippen LogP contribution in [0.3, 0.4) is 0 Å². The summed E-state index contributed by atoms with van der Waals surface area (Å²) in [5.74, 6) is 0. The summed E-state index contributed by atoms with van der Waals surface area (Å²) in [4.78, 5) is 0. The van der Waals surface area contributed by atoms with Crippen molar-refractivity contribution in [2.45, 2.75) is 38.1 Å². The van der Waals surface area contributed by atoms with E-state index >= 15 is 0 Å². The molecule has 2 N–H and O–H groups in total. The van der Waals surface area contributed by atoms with E-state index in [1.165, 1.54) is 30.4 Å². The van der Waals surface area contributed by atoms with Gasteiger partial charge in [0.15, 0.2) is 0 Å². The number of allylic oxidation sites excluding steroid dienone is 1. The molecule has 0 aromatic heterocycles. The van der Waals surface area contributed by atoms with Gasteiger partial charge in [0.25, 0.3) is 0 Å². The van der Waals surface area contributed by atoms with E-state index in [9.17, 15) is 0 Å². The number of hydrogen-bond acceptors (Lipinski definition) is 1.